The van der Waals surface area contributed by atoms with Crippen LogP contribution in [0.1, 0.15) is 6.92 Å². The van der Waals surface area contributed by atoms with Gasteiger partial charge in [-0.25, -0.2) is 13.2 Å². The van der Waals surface area contributed by atoms with Gasteiger partial charge in [0.2, 0.25) is 5.91 Å². The molecule has 0 aromatic heterocycles. The first-order chi connectivity index (χ1) is 9.14. The lowest BCUT2D eigenvalue weighted by molar-refractivity contribution is -0.163. The van der Waals surface area contributed by atoms with Gasteiger partial charge < -0.3 is 10.6 Å². The van der Waals surface area contributed by atoms with Gasteiger partial charge in [-0.05, 0) is 18.2 Å². The summed E-state index contributed by atoms with van der Waals surface area (Å²) in [5, 5.41) is 3.56. The second-order valence-electron chi connectivity index (χ2n) is 3.75. The highest BCUT2D eigenvalue weighted by atomic mass is 19.3. The van der Waals surface area contributed by atoms with Crippen LogP contribution in [-0.4, -0.2) is 24.2 Å². The zero-order chi connectivity index (χ0) is 15.5. The molecule has 1 aromatic rings. The van der Waals surface area contributed by atoms with Crippen LogP contribution in [0.5, 0.6) is 0 Å². The minimum Gasteiger partial charge on any atom is -0.326 e. The van der Waals surface area contributed by atoms with Gasteiger partial charge in [0, 0.05) is 12.6 Å². The Kier molecular flexibility index (Phi) is 4.64. The van der Waals surface area contributed by atoms with Gasteiger partial charge in [0.15, 0.2) is 0 Å². The van der Waals surface area contributed by atoms with Crippen LogP contribution >= 0.6 is 0 Å². The molecule has 0 aliphatic heterocycles. The van der Waals surface area contributed by atoms with Crippen LogP contribution < -0.4 is 10.6 Å². The van der Waals surface area contributed by atoms with E-state index in [-0.39, 0.29) is 5.69 Å². The number of anilines is 2. The van der Waals surface area contributed by atoms with E-state index in [0.717, 1.165) is 25.1 Å². The van der Waals surface area contributed by atoms with Crippen LogP contribution in [0.4, 0.5) is 33.3 Å². The molecule has 1 rings (SSSR count). The molecule has 0 aliphatic carbocycles. The third-order valence-electron chi connectivity index (χ3n) is 2.11. The maximum Gasteiger partial charge on any atom is 0.383 e. The fraction of sp³-hybridized carbons (Fsp3) is 0.273. The molecule has 0 saturated carbocycles. The van der Waals surface area contributed by atoms with Gasteiger partial charge in [0.05, 0.1) is 5.69 Å². The van der Waals surface area contributed by atoms with Crippen molar-refractivity contribution in [3.63, 3.8) is 0 Å². The molecule has 0 spiro atoms. The summed E-state index contributed by atoms with van der Waals surface area (Å²) in [6, 6.07) is 2.72. The number of hydrogen-bond donors (Lipinski definition) is 2. The van der Waals surface area contributed by atoms with Gasteiger partial charge in [-0.3, -0.25) is 9.59 Å². The number of amides is 2. The summed E-state index contributed by atoms with van der Waals surface area (Å²) in [6.45, 7) is 1.15. The summed E-state index contributed by atoms with van der Waals surface area (Å²) in [5.74, 6) is -8.92. The second kappa shape index (κ2) is 5.85. The fourth-order valence-corrected chi connectivity index (χ4v) is 1.21. The van der Waals surface area contributed by atoms with Crippen LogP contribution in [0.15, 0.2) is 18.2 Å². The molecule has 0 saturated heterocycles. The van der Waals surface area contributed by atoms with Crippen molar-refractivity contribution in [3.05, 3.63) is 24.0 Å². The number of halogens is 5. The van der Waals surface area contributed by atoms with Crippen LogP contribution in [0.3, 0.4) is 0 Å². The topological polar surface area (TPSA) is 58.2 Å². The Morgan fingerprint density at radius 3 is 2.30 bits per heavy atom. The lowest BCUT2D eigenvalue weighted by Crippen LogP contribution is -2.41. The van der Waals surface area contributed by atoms with E-state index < -0.39 is 35.7 Å². The predicted molar refractivity (Wildman–Crippen MR) is 60.3 cm³/mol. The van der Waals surface area contributed by atoms with Crippen LogP contribution in [-0.2, 0) is 9.59 Å². The van der Waals surface area contributed by atoms with E-state index in [9.17, 15) is 31.5 Å². The van der Waals surface area contributed by atoms with E-state index in [1.54, 1.807) is 0 Å². The first kappa shape index (κ1) is 15.9. The Morgan fingerprint density at radius 2 is 1.80 bits per heavy atom. The molecule has 0 atom stereocenters. The summed E-state index contributed by atoms with van der Waals surface area (Å²) >= 11 is 0. The minimum atomic E-state index is -4.95. The number of rotatable bonds is 4. The van der Waals surface area contributed by atoms with Gasteiger partial charge in [-0.1, -0.05) is 0 Å². The number of carbonyl (C=O) groups excluding carboxylic acids is 2. The predicted octanol–water partition coefficient (Wildman–Crippen LogP) is 2.62. The molecular weight excluding hydrogens is 287 g/mol. The number of benzene rings is 1. The summed E-state index contributed by atoms with van der Waals surface area (Å²) in [4.78, 5) is 21.7. The molecule has 4 nitrogen and oxygen atoms in total. The molecule has 0 unspecified atom stereocenters. The summed E-state index contributed by atoms with van der Waals surface area (Å²) in [6.07, 6.45) is -4.22. The molecule has 0 bridgehead atoms. The fourth-order valence-electron chi connectivity index (χ4n) is 1.21. The van der Waals surface area contributed by atoms with Crippen molar-refractivity contribution >= 4 is 23.2 Å². The zero-order valence-corrected chi connectivity index (χ0v) is 10.0. The molecule has 0 fully saturated rings. The Hall–Kier alpha value is -2.19. The number of hydrogen-bond acceptors (Lipinski definition) is 2. The normalized spacial score (nSPS) is 11.3. The highest BCUT2D eigenvalue weighted by molar-refractivity contribution is 5.97. The number of nitrogens with one attached hydrogen (secondary N) is 2. The quantitative estimate of drug-likeness (QED) is 0.839. The number of alkyl halides is 4. The maximum absolute atomic E-state index is 13.3. The Balaban J connectivity index is 2.97. The van der Waals surface area contributed by atoms with Gasteiger partial charge in [-0.15, -0.1) is 0 Å². The van der Waals surface area contributed by atoms with Crippen molar-refractivity contribution in [2.75, 3.05) is 10.6 Å². The van der Waals surface area contributed by atoms with E-state index >= 15 is 0 Å². The van der Waals surface area contributed by atoms with Crippen molar-refractivity contribution in [1.29, 1.82) is 0 Å². The summed E-state index contributed by atoms with van der Waals surface area (Å²) in [5.41, 5.74) is -0.740. The van der Waals surface area contributed by atoms with Gasteiger partial charge >= 0.3 is 18.3 Å². The van der Waals surface area contributed by atoms with Gasteiger partial charge in [0.25, 0.3) is 0 Å². The van der Waals surface area contributed by atoms with Crippen LogP contribution in [0.2, 0.25) is 0 Å². The van der Waals surface area contributed by atoms with E-state index in [2.05, 4.69) is 5.32 Å². The molecular formula is C11H9F5N2O2. The molecule has 0 aliphatic rings. The van der Waals surface area contributed by atoms with Crippen LogP contribution in [0, 0.1) is 5.82 Å². The lowest BCUT2D eigenvalue weighted by Gasteiger charge is -2.15. The van der Waals surface area contributed by atoms with Gasteiger partial charge in [0.1, 0.15) is 5.82 Å². The molecule has 20 heavy (non-hydrogen) atoms. The second-order valence-corrected chi connectivity index (χ2v) is 3.75. The lowest BCUT2D eigenvalue weighted by atomic mass is 10.2. The standard InChI is InChI=1S/C11H9F5N2O2/c1-5(19)17-6-2-3-7(12)8(4-6)18-10(20)11(15,16)9(13)14/h2-4,9H,1H3,(H,17,19)(H,18,20). The highest BCUT2D eigenvalue weighted by Gasteiger charge is 2.49. The molecule has 110 valence electrons. The first-order valence-corrected chi connectivity index (χ1v) is 5.19. The summed E-state index contributed by atoms with van der Waals surface area (Å²) in [7, 11) is 0. The monoisotopic (exact) mass is 296 g/mol. The van der Waals surface area contributed by atoms with Gasteiger partial charge in [-0.2, -0.15) is 8.78 Å². The molecule has 1 aromatic carbocycles. The third-order valence-corrected chi connectivity index (χ3v) is 2.11. The van der Waals surface area contributed by atoms with Crippen molar-refractivity contribution in [3.8, 4) is 0 Å². The smallest absolute Gasteiger partial charge is 0.326 e. The third kappa shape index (κ3) is 3.65. The molecule has 0 heterocycles. The average Bonchev–Trinajstić information content (AvgIpc) is 2.32. The zero-order valence-electron chi connectivity index (χ0n) is 10.0. The van der Waals surface area contributed by atoms with Crippen molar-refractivity contribution in [2.24, 2.45) is 0 Å². The maximum atomic E-state index is 13.3. The average molecular weight is 296 g/mol. The highest BCUT2D eigenvalue weighted by Crippen LogP contribution is 2.26. The van der Waals surface area contributed by atoms with E-state index in [1.165, 1.54) is 5.32 Å². The first-order valence-electron chi connectivity index (χ1n) is 5.19. The molecule has 9 heteroatoms. The van der Waals surface area contributed by atoms with E-state index in [1.807, 2.05) is 0 Å². The van der Waals surface area contributed by atoms with E-state index in [0.29, 0.717) is 0 Å². The summed E-state index contributed by atoms with van der Waals surface area (Å²) < 4.78 is 62.6. The molecule has 2 N–H and O–H groups in total. The Morgan fingerprint density at radius 1 is 1.20 bits per heavy atom. The Bertz CT molecular complexity index is 534. The van der Waals surface area contributed by atoms with Crippen molar-refractivity contribution in [2.45, 2.75) is 19.3 Å². The SMILES string of the molecule is CC(=O)Nc1ccc(F)c(NC(=O)C(F)(F)C(F)F)c1. The van der Waals surface area contributed by atoms with E-state index in [4.69, 9.17) is 0 Å². The van der Waals surface area contributed by atoms with Crippen LogP contribution in [0.25, 0.3) is 0 Å². The van der Waals surface area contributed by atoms with Crippen molar-refractivity contribution < 1.29 is 31.5 Å². The number of carbonyl (C=O) groups is 2. The molecule has 0 radical (unpaired) electrons. The Labute approximate surface area is 110 Å². The minimum absolute atomic E-state index is 0.00885. The largest absolute Gasteiger partial charge is 0.383 e. The molecule has 2 amide bonds. The van der Waals surface area contributed by atoms with Crippen molar-refractivity contribution in [1.82, 2.24) is 0 Å².